The molecule has 0 amide bonds. The van der Waals surface area contributed by atoms with Crippen LogP contribution in [-0.4, -0.2) is 81.5 Å². The Balaban J connectivity index is 1.38. The van der Waals surface area contributed by atoms with Gasteiger partial charge in [-0.15, -0.1) is 6.58 Å². The van der Waals surface area contributed by atoms with Gasteiger partial charge in [-0.25, -0.2) is 18.2 Å². The topological polar surface area (TPSA) is 86.6 Å². The minimum atomic E-state index is -0.917. The lowest BCUT2D eigenvalue weighted by Crippen LogP contribution is -2.59. The maximum Gasteiger partial charge on any atom is 0.319 e. The minimum absolute atomic E-state index is 0.00592. The van der Waals surface area contributed by atoms with Crippen molar-refractivity contribution in [1.29, 1.82) is 0 Å². The molecule has 3 saturated heterocycles. The van der Waals surface area contributed by atoms with Crippen molar-refractivity contribution in [3.63, 3.8) is 0 Å². The van der Waals surface area contributed by atoms with Crippen molar-refractivity contribution < 1.29 is 23.0 Å². The predicted molar refractivity (Wildman–Crippen MR) is 180 cm³/mol. The molecule has 6 atom stereocenters. The van der Waals surface area contributed by atoms with E-state index in [1.165, 1.54) is 18.2 Å². The average molecular weight is 659 g/mol. The fourth-order valence-corrected chi connectivity index (χ4v) is 8.93. The normalized spacial score (nSPS) is 28.5. The molecular formula is C37H41F3N6O2. The summed E-state index contributed by atoms with van der Waals surface area (Å²) in [6.45, 7) is 12.9. The third-order valence-electron chi connectivity index (χ3n) is 11.5. The van der Waals surface area contributed by atoms with Crippen LogP contribution in [0.15, 0.2) is 36.9 Å². The van der Waals surface area contributed by atoms with Gasteiger partial charge in [0, 0.05) is 49.6 Å². The third kappa shape index (κ3) is 4.75. The number of alkyl halides is 1. The van der Waals surface area contributed by atoms with E-state index in [0.717, 1.165) is 25.8 Å². The first kappa shape index (κ1) is 31.3. The molecule has 0 saturated carbocycles. The minimum Gasteiger partial charge on any atom is -0.508 e. The van der Waals surface area contributed by atoms with Crippen molar-refractivity contribution in [2.45, 2.75) is 76.2 Å². The third-order valence-corrected chi connectivity index (χ3v) is 11.5. The van der Waals surface area contributed by atoms with Crippen molar-refractivity contribution >= 4 is 27.5 Å². The molecule has 4 aliphatic heterocycles. The Morgan fingerprint density at radius 3 is 2.79 bits per heavy atom. The van der Waals surface area contributed by atoms with Gasteiger partial charge in [0.25, 0.3) is 0 Å². The van der Waals surface area contributed by atoms with Crippen LogP contribution < -0.4 is 15.0 Å². The van der Waals surface area contributed by atoms with Crippen LogP contribution in [0.3, 0.4) is 0 Å². The summed E-state index contributed by atoms with van der Waals surface area (Å²) < 4.78 is 53.2. The number of fused-ring (bicyclic) bond motifs is 4. The summed E-state index contributed by atoms with van der Waals surface area (Å²) in [5, 5.41) is 15.9. The summed E-state index contributed by atoms with van der Waals surface area (Å²) >= 11 is 0. The largest absolute Gasteiger partial charge is 0.508 e. The molecule has 11 heteroatoms. The van der Waals surface area contributed by atoms with E-state index in [2.05, 4.69) is 35.5 Å². The van der Waals surface area contributed by atoms with E-state index >= 15 is 4.39 Å². The molecule has 8 rings (SSSR count). The molecule has 2 aromatic carbocycles. The van der Waals surface area contributed by atoms with E-state index < -0.39 is 23.3 Å². The van der Waals surface area contributed by atoms with Gasteiger partial charge < -0.3 is 20.1 Å². The van der Waals surface area contributed by atoms with Gasteiger partial charge in [-0.3, -0.25) is 4.90 Å². The van der Waals surface area contributed by atoms with Gasteiger partial charge in [-0.1, -0.05) is 26.0 Å². The van der Waals surface area contributed by atoms with Crippen LogP contribution in [0.5, 0.6) is 11.8 Å². The van der Waals surface area contributed by atoms with Crippen LogP contribution in [-0.2, 0) is 0 Å². The summed E-state index contributed by atoms with van der Waals surface area (Å²) in [5.74, 6) is -0.963. The quantitative estimate of drug-likeness (QED) is 0.225. The number of hydrogen-bond acceptors (Lipinski definition) is 8. The second-order valence-electron chi connectivity index (χ2n) is 14.2. The zero-order valence-electron chi connectivity index (χ0n) is 27.6. The van der Waals surface area contributed by atoms with Crippen molar-refractivity contribution in [2.75, 3.05) is 37.7 Å². The average Bonchev–Trinajstić information content (AvgIpc) is 3.58. The number of allylic oxidation sites excluding steroid dienone is 1. The smallest absolute Gasteiger partial charge is 0.319 e. The number of aromatic nitrogens is 3. The molecule has 3 fully saturated rings. The molecular weight excluding hydrogens is 617 g/mol. The molecule has 0 aliphatic carbocycles. The number of pyridine rings is 1. The Morgan fingerprint density at radius 1 is 1.17 bits per heavy atom. The number of aromatic hydroxyl groups is 1. The van der Waals surface area contributed by atoms with Gasteiger partial charge in [-0.2, -0.15) is 9.97 Å². The van der Waals surface area contributed by atoms with Crippen molar-refractivity contribution in [1.82, 2.24) is 25.2 Å². The Morgan fingerprint density at radius 2 is 2.00 bits per heavy atom. The van der Waals surface area contributed by atoms with Gasteiger partial charge in [-0.05, 0) is 73.2 Å². The number of hydrogen-bond donors (Lipinski definition) is 2. The number of benzene rings is 2. The first-order chi connectivity index (χ1) is 23.1. The SMILES string of the molecule is C=C[C@H]1c2nc(-c3cc(O)cc4ccc(F)c(C)c34)c(F)c3nc(OC[C@@]45CCCN4C[C@H](F)C5)nc(c23)N2C[C@@H](CC)NC[C@@H]2[C@H]1C. The summed E-state index contributed by atoms with van der Waals surface area (Å²) in [4.78, 5) is 19.2. The molecule has 0 unspecified atom stereocenters. The van der Waals surface area contributed by atoms with E-state index in [1.807, 2.05) is 6.08 Å². The Kier molecular flexibility index (Phi) is 7.56. The number of piperazine rings is 1. The second kappa shape index (κ2) is 11.6. The number of aryl methyl sites for hydroxylation is 1. The van der Waals surface area contributed by atoms with E-state index in [4.69, 9.17) is 19.7 Å². The zero-order chi connectivity index (χ0) is 33.5. The Bertz CT molecular complexity index is 1960. The number of halogens is 3. The summed E-state index contributed by atoms with van der Waals surface area (Å²) in [6.07, 6.45) is 4.01. The fraction of sp³-hybridized carbons (Fsp3) is 0.486. The van der Waals surface area contributed by atoms with Crippen LogP contribution in [0.4, 0.5) is 19.0 Å². The lowest BCUT2D eigenvalue weighted by atomic mass is 9.83. The molecule has 2 N–H and O–H groups in total. The van der Waals surface area contributed by atoms with E-state index in [0.29, 0.717) is 59.3 Å². The number of anilines is 1. The van der Waals surface area contributed by atoms with Crippen molar-refractivity contribution in [3.05, 3.63) is 59.8 Å². The highest BCUT2D eigenvalue weighted by atomic mass is 19.1. The highest BCUT2D eigenvalue weighted by molar-refractivity contribution is 6.02. The van der Waals surface area contributed by atoms with Crippen LogP contribution in [0.25, 0.3) is 32.9 Å². The Hall–Kier alpha value is -3.96. The molecule has 48 heavy (non-hydrogen) atoms. The molecule has 0 spiro atoms. The van der Waals surface area contributed by atoms with Crippen LogP contribution >= 0.6 is 0 Å². The van der Waals surface area contributed by atoms with Gasteiger partial charge in [0.2, 0.25) is 0 Å². The van der Waals surface area contributed by atoms with Crippen LogP contribution in [0.2, 0.25) is 0 Å². The highest BCUT2D eigenvalue weighted by Crippen LogP contribution is 2.47. The summed E-state index contributed by atoms with van der Waals surface area (Å²) in [5.41, 5.74) is 0.743. The van der Waals surface area contributed by atoms with E-state index in [-0.39, 0.29) is 59.1 Å². The number of phenolic OH excluding ortho intramolecular Hbond substituents is 1. The van der Waals surface area contributed by atoms with Gasteiger partial charge in [0.05, 0.1) is 16.6 Å². The molecule has 6 heterocycles. The maximum absolute atomic E-state index is 17.3. The molecule has 252 valence electrons. The van der Waals surface area contributed by atoms with Crippen LogP contribution in [0, 0.1) is 24.5 Å². The predicted octanol–water partition coefficient (Wildman–Crippen LogP) is 6.57. The number of phenols is 1. The molecule has 0 bridgehead atoms. The maximum atomic E-state index is 17.3. The number of ether oxygens (including phenoxy) is 1. The first-order valence-corrected chi connectivity index (χ1v) is 17.1. The van der Waals surface area contributed by atoms with E-state index in [9.17, 15) is 13.9 Å². The molecule has 8 nitrogen and oxygen atoms in total. The van der Waals surface area contributed by atoms with Crippen LogP contribution in [0.1, 0.15) is 56.7 Å². The summed E-state index contributed by atoms with van der Waals surface area (Å²) in [7, 11) is 0. The van der Waals surface area contributed by atoms with Gasteiger partial charge >= 0.3 is 6.01 Å². The lowest BCUT2D eigenvalue weighted by molar-refractivity contribution is 0.107. The first-order valence-electron chi connectivity index (χ1n) is 17.1. The number of nitrogens with one attached hydrogen (secondary N) is 1. The number of rotatable bonds is 6. The standard InChI is InChI=1S/C37H41F3N6O2/c1-5-23-17-46-28(15-41-23)19(3)25(6-2)32-30-34(43-36(44-35(30)46)48-18-37-10-7-11-45(37)16-22(38)14-37)31(40)33(42-32)26-13-24(47)12-21-8-9-27(39)20(4)29(21)26/h6,8-9,12-13,19,22-23,25,28,41,47H,2,5,7,10-11,14-18H2,1,3-4H3/t19-,22+,23+,25+,28+,37-/m0/s1. The number of nitrogens with zero attached hydrogens (tertiary/aromatic N) is 5. The summed E-state index contributed by atoms with van der Waals surface area (Å²) in [6, 6.07) is 6.10. The second-order valence-corrected chi connectivity index (χ2v) is 14.2. The molecule has 0 radical (unpaired) electrons. The highest BCUT2D eigenvalue weighted by Gasteiger charge is 2.49. The molecule has 2 aromatic heterocycles. The molecule has 4 aromatic rings. The lowest BCUT2D eigenvalue weighted by Gasteiger charge is -2.43. The molecule has 4 aliphatic rings. The van der Waals surface area contributed by atoms with Gasteiger partial charge in [0.1, 0.15) is 41.4 Å². The van der Waals surface area contributed by atoms with E-state index in [1.54, 1.807) is 13.0 Å². The fourth-order valence-electron chi connectivity index (χ4n) is 8.93. The monoisotopic (exact) mass is 658 g/mol. The Labute approximate surface area is 278 Å². The van der Waals surface area contributed by atoms with Gasteiger partial charge in [0.15, 0.2) is 5.82 Å². The van der Waals surface area contributed by atoms with Crippen molar-refractivity contribution in [2.24, 2.45) is 5.92 Å². The zero-order valence-corrected chi connectivity index (χ0v) is 27.6. The van der Waals surface area contributed by atoms with Crippen molar-refractivity contribution in [3.8, 4) is 23.0 Å².